The summed E-state index contributed by atoms with van der Waals surface area (Å²) in [5.74, 6) is 0. The maximum absolute atomic E-state index is 3.71. The Bertz CT molecular complexity index is 356. The Morgan fingerprint density at radius 1 is 1.36 bits per heavy atom. The van der Waals surface area contributed by atoms with Gasteiger partial charge in [0.15, 0.2) is 0 Å². The summed E-state index contributed by atoms with van der Waals surface area (Å²) >= 11 is 0. The first-order valence-electron chi connectivity index (χ1n) is 4.98. The van der Waals surface area contributed by atoms with Crippen molar-refractivity contribution >= 4 is 0 Å². The third kappa shape index (κ3) is 2.59. The van der Waals surface area contributed by atoms with E-state index in [0.717, 1.165) is 6.42 Å². The average molecular weight is 186 g/mol. The van der Waals surface area contributed by atoms with E-state index in [9.17, 15) is 0 Å². The molecule has 1 aromatic carbocycles. The van der Waals surface area contributed by atoms with E-state index in [-0.39, 0.29) is 0 Å². The van der Waals surface area contributed by atoms with E-state index in [2.05, 4.69) is 51.6 Å². The minimum absolute atomic E-state index is 1.03. The summed E-state index contributed by atoms with van der Waals surface area (Å²) in [6.45, 7) is 10.2. The van der Waals surface area contributed by atoms with Crippen LogP contribution in [0.3, 0.4) is 0 Å². The molecule has 0 atom stereocenters. The van der Waals surface area contributed by atoms with Crippen molar-refractivity contribution in [3.05, 3.63) is 59.2 Å². The van der Waals surface area contributed by atoms with Crippen LogP contribution in [0.5, 0.6) is 0 Å². The highest BCUT2D eigenvalue weighted by atomic mass is 14.1. The van der Waals surface area contributed by atoms with E-state index in [0.29, 0.717) is 0 Å². The molecule has 0 nitrogen and oxygen atoms in total. The van der Waals surface area contributed by atoms with Crippen molar-refractivity contribution in [2.24, 2.45) is 0 Å². The highest BCUT2D eigenvalue weighted by Gasteiger charge is 2.00. The molecule has 0 saturated carbocycles. The summed E-state index contributed by atoms with van der Waals surface area (Å²) in [7, 11) is 0. The molecule has 0 spiro atoms. The third-order valence-corrected chi connectivity index (χ3v) is 2.59. The molecule has 0 saturated heterocycles. The largest absolute Gasteiger partial charge is 0.0991 e. The molecule has 0 amide bonds. The minimum Gasteiger partial charge on any atom is -0.0991 e. The summed E-state index contributed by atoms with van der Waals surface area (Å²) < 4.78 is 0. The second-order valence-electron chi connectivity index (χ2n) is 3.78. The zero-order valence-corrected chi connectivity index (χ0v) is 9.30. The molecule has 0 heteroatoms. The molecule has 74 valence electrons. The fourth-order valence-corrected chi connectivity index (χ4v) is 1.56. The van der Waals surface area contributed by atoms with E-state index in [4.69, 9.17) is 0 Å². The standard InChI is InChI=1S/C14H18/c1-5-7-11(2)10-14-9-6-8-12(3)13(14)4/h5-9H,1,10H2,2-4H3/b11-7+. The molecule has 0 aliphatic carbocycles. The van der Waals surface area contributed by atoms with Gasteiger partial charge in [-0.3, -0.25) is 0 Å². The fraction of sp³-hybridized carbons (Fsp3) is 0.286. The van der Waals surface area contributed by atoms with Crippen molar-refractivity contribution in [2.45, 2.75) is 27.2 Å². The van der Waals surface area contributed by atoms with Gasteiger partial charge in [-0.2, -0.15) is 0 Å². The second kappa shape index (κ2) is 4.80. The predicted molar refractivity (Wildman–Crippen MR) is 63.6 cm³/mol. The number of aryl methyl sites for hydroxylation is 1. The van der Waals surface area contributed by atoms with Gasteiger partial charge >= 0.3 is 0 Å². The third-order valence-electron chi connectivity index (χ3n) is 2.59. The molecule has 0 N–H and O–H groups in total. The number of benzene rings is 1. The van der Waals surface area contributed by atoms with Crippen LogP contribution < -0.4 is 0 Å². The van der Waals surface area contributed by atoms with Gasteiger partial charge in [0.05, 0.1) is 0 Å². The predicted octanol–water partition coefficient (Wildman–Crippen LogP) is 3.98. The van der Waals surface area contributed by atoms with Gasteiger partial charge in [0, 0.05) is 0 Å². The summed E-state index contributed by atoms with van der Waals surface area (Å²) in [5.41, 5.74) is 5.55. The first kappa shape index (κ1) is 10.8. The van der Waals surface area contributed by atoms with Crippen LogP contribution in [-0.4, -0.2) is 0 Å². The van der Waals surface area contributed by atoms with Crippen molar-refractivity contribution in [1.29, 1.82) is 0 Å². The van der Waals surface area contributed by atoms with Crippen LogP contribution in [0.2, 0.25) is 0 Å². The molecule has 0 bridgehead atoms. The Labute approximate surface area is 87.0 Å². The maximum atomic E-state index is 3.71. The zero-order chi connectivity index (χ0) is 10.6. The highest BCUT2D eigenvalue weighted by Crippen LogP contribution is 2.16. The number of hydrogen-bond donors (Lipinski definition) is 0. The fourth-order valence-electron chi connectivity index (χ4n) is 1.56. The molecule has 0 radical (unpaired) electrons. The maximum Gasteiger partial charge on any atom is -0.00640 e. The summed E-state index contributed by atoms with van der Waals surface area (Å²) in [6, 6.07) is 6.48. The summed E-state index contributed by atoms with van der Waals surface area (Å²) in [4.78, 5) is 0. The van der Waals surface area contributed by atoms with Gasteiger partial charge in [-0.05, 0) is 43.9 Å². The molecule has 0 aliphatic heterocycles. The monoisotopic (exact) mass is 186 g/mol. The van der Waals surface area contributed by atoms with Gasteiger partial charge in [-0.1, -0.05) is 42.5 Å². The quantitative estimate of drug-likeness (QED) is 0.626. The highest BCUT2D eigenvalue weighted by molar-refractivity contribution is 5.35. The zero-order valence-electron chi connectivity index (χ0n) is 9.30. The lowest BCUT2D eigenvalue weighted by molar-refractivity contribution is 1.10. The van der Waals surface area contributed by atoms with Gasteiger partial charge in [0.25, 0.3) is 0 Å². The lowest BCUT2D eigenvalue weighted by Crippen LogP contribution is -1.93. The van der Waals surface area contributed by atoms with Gasteiger partial charge in [0.2, 0.25) is 0 Å². The van der Waals surface area contributed by atoms with E-state index in [1.165, 1.54) is 22.3 Å². The van der Waals surface area contributed by atoms with Gasteiger partial charge in [0.1, 0.15) is 0 Å². The molecule has 0 aromatic heterocycles. The number of hydrogen-bond acceptors (Lipinski definition) is 0. The van der Waals surface area contributed by atoms with Crippen molar-refractivity contribution in [3.8, 4) is 0 Å². The van der Waals surface area contributed by atoms with Crippen LogP contribution in [0.1, 0.15) is 23.6 Å². The van der Waals surface area contributed by atoms with Gasteiger partial charge in [-0.25, -0.2) is 0 Å². The molecule has 1 rings (SSSR count). The lowest BCUT2D eigenvalue weighted by Gasteiger charge is -2.08. The molecule has 0 fully saturated rings. The minimum atomic E-state index is 1.03. The smallest absolute Gasteiger partial charge is 0.00640 e. The van der Waals surface area contributed by atoms with Crippen LogP contribution in [0, 0.1) is 13.8 Å². The van der Waals surface area contributed by atoms with Gasteiger partial charge in [-0.15, -0.1) is 0 Å². The normalized spacial score (nSPS) is 11.5. The van der Waals surface area contributed by atoms with Crippen LogP contribution in [0.4, 0.5) is 0 Å². The van der Waals surface area contributed by atoms with Crippen molar-refractivity contribution in [1.82, 2.24) is 0 Å². The lowest BCUT2D eigenvalue weighted by atomic mass is 9.98. The SMILES string of the molecule is C=C/C=C(\C)Cc1cccc(C)c1C. The molecule has 0 unspecified atom stereocenters. The molecular formula is C14H18. The average Bonchev–Trinajstić information content (AvgIpc) is 2.13. The van der Waals surface area contributed by atoms with Crippen LogP contribution in [-0.2, 0) is 6.42 Å². The van der Waals surface area contributed by atoms with Crippen LogP contribution in [0.25, 0.3) is 0 Å². The summed E-state index contributed by atoms with van der Waals surface area (Å²) in [6.07, 6.45) is 4.95. The van der Waals surface area contributed by atoms with Crippen LogP contribution in [0.15, 0.2) is 42.5 Å². The Kier molecular flexibility index (Phi) is 3.70. The van der Waals surface area contributed by atoms with E-state index in [1.807, 2.05) is 6.08 Å². The van der Waals surface area contributed by atoms with Crippen LogP contribution >= 0.6 is 0 Å². The first-order chi connectivity index (χ1) is 6.65. The molecule has 1 aromatic rings. The number of allylic oxidation sites excluding steroid dienone is 3. The first-order valence-corrected chi connectivity index (χ1v) is 4.98. The molecule has 14 heavy (non-hydrogen) atoms. The van der Waals surface area contributed by atoms with Crippen molar-refractivity contribution in [3.63, 3.8) is 0 Å². The number of rotatable bonds is 3. The Balaban J connectivity index is 2.92. The molecule has 0 aliphatic rings. The van der Waals surface area contributed by atoms with E-state index >= 15 is 0 Å². The van der Waals surface area contributed by atoms with E-state index < -0.39 is 0 Å². The van der Waals surface area contributed by atoms with E-state index in [1.54, 1.807) is 0 Å². The Morgan fingerprint density at radius 2 is 2.07 bits per heavy atom. The van der Waals surface area contributed by atoms with Gasteiger partial charge < -0.3 is 0 Å². The topological polar surface area (TPSA) is 0 Å². The Hall–Kier alpha value is -1.30. The molecule has 0 heterocycles. The van der Waals surface area contributed by atoms with Crippen molar-refractivity contribution < 1.29 is 0 Å². The summed E-state index contributed by atoms with van der Waals surface area (Å²) in [5, 5.41) is 0. The Morgan fingerprint density at radius 3 is 2.71 bits per heavy atom. The molecular weight excluding hydrogens is 168 g/mol. The second-order valence-corrected chi connectivity index (χ2v) is 3.78. The van der Waals surface area contributed by atoms with Crippen molar-refractivity contribution in [2.75, 3.05) is 0 Å².